The van der Waals surface area contributed by atoms with E-state index in [1.807, 2.05) is 25.1 Å². The first-order chi connectivity index (χ1) is 6.33. The third kappa shape index (κ3) is 2.20. The lowest BCUT2D eigenvalue weighted by atomic mass is 10.1. The summed E-state index contributed by atoms with van der Waals surface area (Å²) in [4.78, 5) is 0. The zero-order valence-corrected chi connectivity index (χ0v) is 7.75. The quantitative estimate of drug-likeness (QED) is 0.652. The molecular weight excluding hydrogens is 166 g/mol. The van der Waals surface area contributed by atoms with E-state index in [4.69, 9.17) is 10.2 Å². The van der Waals surface area contributed by atoms with Crippen LogP contribution in [0.2, 0.25) is 0 Å². The molecule has 0 heterocycles. The molecule has 0 fully saturated rings. The van der Waals surface area contributed by atoms with Crippen molar-refractivity contribution in [2.24, 2.45) is 0 Å². The maximum absolute atomic E-state index is 9.11. The number of aliphatic hydroxyl groups excluding tert-OH is 2. The van der Waals surface area contributed by atoms with Gasteiger partial charge in [0, 0.05) is 17.8 Å². The number of aliphatic hydroxyl groups is 2. The van der Waals surface area contributed by atoms with Gasteiger partial charge in [-0.05, 0) is 18.6 Å². The average Bonchev–Trinajstić information content (AvgIpc) is 2.18. The Kier molecular flexibility index (Phi) is 3.73. The van der Waals surface area contributed by atoms with Crippen LogP contribution >= 0.6 is 0 Å². The standard InChI is InChI=1S/C10H15NO2/c1-2-11-10-5-3-4-8(6-12)9(10)7-13/h3-5,11-13H,2,6-7H2,1H3. The van der Waals surface area contributed by atoms with Crippen molar-refractivity contribution in [1.82, 2.24) is 0 Å². The first-order valence-corrected chi connectivity index (χ1v) is 4.39. The molecule has 1 aromatic rings. The molecule has 0 unspecified atom stereocenters. The van der Waals surface area contributed by atoms with Crippen molar-refractivity contribution < 1.29 is 10.2 Å². The minimum absolute atomic E-state index is 0.0326. The summed E-state index contributed by atoms with van der Waals surface area (Å²) < 4.78 is 0. The van der Waals surface area contributed by atoms with E-state index in [0.29, 0.717) is 0 Å². The molecule has 3 heteroatoms. The van der Waals surface area contributed by atoms with Crippen LogP contribution in [0.25, 0.3) is 0 Å². The lowest BCUT2D eigenvalue weighted by molar-refractivity contribution is 0.260. The Bertz CT molecular complexity index is 274. The SMILES string of the molecule is CCNc1cccc(CO)c1CO. The molecule has 0 spiro atoms. The molecule has 1 aromatic carbocycles. The summed E-state index contributed by atoms with van der Waals surface area (Å²) >= 11 is 0. The van der Waals surface area contributed by atoms with Crippen molar-refractivity contribution in [3.8, 4) is 0 Å². The summed E-state index contributed by atoms with van der Waals surface area (Å²) in [5.41, 5.74) is 2.46. The fourth-order valence-electron chi connectivity index (χ4n) is 1.33. The molecule has 0 aliphatic carbocycles. The van der Waals surface area contributed by atoms with Crippen molar-refractivity contribution in [3.63, 3.8) is 0 Å². The Morgan fingerprint density at radius 1 is 1.23 bits per heavy atom. The molecule has 0 bridgehead atoms. The molecule has 72 valence electrons. The predicted octanol–water partition coefficient (Wildman–Crippen LogP) is 1.10. The number of hydrogen-bond acceptors (Lipinski definition) is 3. The molecule has 0 amide bonds. The minimum atomic E-state index is -0.0426. The second kappa shape index (κ2) is 4.84. The van der Waals surface area contributed by atoms with Gasteiger partial charge in [0.05, 0.1) is 13.2 Å². The van der Waals surface area contributed by atoms with Crippen LogP contribution in [-0.2, 0) is 13.2 Å². The second-order valence-electron chi connectivity index (χ2n) is 2.79. The van der Waals surface area contributed by atoms with E-state index in [1.165, 1.54) is 0 Å². The Labute approximate surface area is 78.0 Å². The highest BCUT2D eigenvalue weighted by Crippen LogP contribution is 2.19. The van der Waals surface area contributed by atoms with Crippen molar-refractivity contribution >= 4 is 5.69 Å². The van der Waals surface area contributed by atoms with Gasteiger partial charge in [0.15, 0.2) is 0 Å². The molecule has 3 nitrogen and oxygen atoms in total. The van der Waals surface area contributed by atoms with Crippen molar-refractivity contribution in [2.75, 3.05) is 11.9 Å². The Morgan fingerprint density at radius 3 is 2.54 bits per heavy atom. The fraction of sp³-hybridized carbons (Fsp3) is 0.400. The first-order valence-electron chi connectivity index (χ1n) is 4.39. The van der Waals surface area contributed by atoms with E-state index in [0.717, 1.165) is 23.4 Å². The van der Waals surface area contributed by atoms with E-state index in [9.17, 15) is 0 Å². The lowest BCUT2D eigenvalue weighted by Crippen LogP contribution is -2.03. The zero-order valence-electron chi connectivity index (χ0n) is 7.75. The van der Waals surface area contributed by atoms with E-state index in [-0.39, 0.29) is 13.2 Å². The van der Waals surface area contributed by atoms with Crippen LogP contribution in [0.4, 0.5) is 5.69 Å². The highest BCUT2D eigenvalue weighted by molar-refractivity contribution is 5.54. The number of rotatable bonds is 4. The van der Waals surface area contributed by atoms with Crippen LogP contribution in [-0.4, -0.2) is 16.8 Å². The van der Waals surface area contributed by atoms with Gasteiger partial charge in [-0.3, -0.25) is 0 Å². The van der Waals surface area contributed by atoms with Crippen LogP contribution in [0, 0.1) is 0 Å². The van der Waals surface area contributed by atoms with Crippen LogP contribution < -0.4 is 5.32 Å². The topological polar surface area (TPSA) is 52.5 Å². The minimum Gasteiger partial charge on any atom is -0.392 e. The van der Waals surface area contributed by atoms with E-state index in [2.05, 4.69) is 5.32 Å². The highest BCUT2D eigenvalue weighted by atomic mass is 16.3. The predicted molar refractivity (Wildman–Crippen MR) is 52.5 cm³/mol. The van der Waals surface area contributed by atoms with Crippen LogP contribution in [0.5, 0.6) is 0 Å². The Balaban J connectivity index is 3.03. The summed E-state index contributed by atoms with van der Waals surface area (Å²) in [6.45, 7) is 2.73. The normalized spacial score (nSPS) is 10.1. The summed E-state index contributed by atoms with van der Waals surface area (Å²) in [7, 11) is 0. The Morgan fingerprint density at radius 2 is 2.00 bits per heavy atom. The average molecular weight is 181 g/mol. The molecule has 0 aliphatic heterocycles. The molecule has 0 saturated heterocycles. The van der Waals surface area contributed by atoms with Gasteiger partial charge in [0.1, 0.15) is 0 Å². The molecule has 0 aliphatic rings. The first kappa shape index (κ1) is 10.0. The maximum Gasteiger partial charge on any atom is 0.0705 e. The molecule has 1 rings (SSSR count). The number of hydrogen-bond donors (Lipinski definition) is 3. The zero-order chi connectivity index (χ0) is 9.68. The van der Waals surface area contributed by atoms with Gasteiger partial charge < -0.3 is 15.5 Å². The summed E-state index contributed by atoms with van der Waals surface area (Å²) in [6, 6.07) is 5.57. The molecule has 0 radical (unpaired) electrons. The van der Waals surface area contributed by atoms with Gasteiger partial charge in [-0.15, -0.1) is 0 Å². The van der Waals surface area contributed by atoms with Crippen molar-refractivity contribution in [1.29, 1.82) is 0 Å². The third-order valence-electron chi connectivity index (χ3n) is 1.97. The highest BCUT2D eigenvalue weighted by Gasteiger charge is 2.04. The number of benzene rings is 1. The van der Waals surface area contributed by atoms with Gasteiger partial charge in [-0.25, -0.2) is 0 Å². The van der Waals surface area contributed by atoms with Crippen LogP contribution in [0.15, 0.2) is 18.2 Å². The molecule has 13 heavy (non-hydrogen) atoms. The van der Waals surface area contributed by atoms with Gasteiger partial charge >= 0.3 is 0 Å². The molecular formula is C10H15NO2. The lowest BCUT2D eigenvalue weighted by Gasteiger charge is -2.11. The molecule has 0 saturated carbocycles. The van der Waals surface area contributed by atoms with Gasteiger partial charge in [-0.1, -0.05) is 12.1 Å². The number of nitrogens with one attached hydrogen (secondary N) is 1. The fourth-order valence-corrected chi connectivity index (χ4v) is 1.33. The van der Waals surface area contributed by atoms with E-state index >= 15 is 0 Å². The maximum atomic E-state index is 9.11. The summed E-state index contributed by atoms with van der Waals surface area (Å²) in [6.07, 6.45) is 0. The monoisotopic (exact) mass is 181 g/mol. The van der Waals surface area contributed by atoms with Gasteiger partial charge in [0.2, 0.25) is 0 Å². The Hall–Kier alpha value is -1.06. The second-order valence-corrected chi connectivity index (χ2v) is 2.79. The summed E-state index contributed by atoms with van der Waals surface area (Å²) in [5, 5.41) is 21.2. The third-order valence-corrected chi connectivity index (χ3v) is 1.97. The van der Waals surface area contributed by atoms with Crippen LogP contribution in [0.3, 0.4) is 0 Å². The molecule has 0 atom stereocenters. The molecule has 3 N–H and O–H groups in total. The van der Waals surface area contributed by atoms with E-state index < -0.39 is 0 Å². The molecule has 0 aromatic heterocycles. The smallest absolute Gasteiger partial charge is 0.0705 e. The largest absolute Gasteiger partial charge is 0.392 e. The van der Waals surface area contributed by atoms with Crippen molar-refractivity contribution in [2.45, 2.75) is 20.1 Å². The van der Waals surface area contributed by atoms with Crippen molar-refractivity contribution in [3.05, 3.63) is 29.3 Å². The summed E-state index contributed by atoms with van der Waals surface area (Å²) in [5.74, 6) is 0. The van der Waals surface area contributed by atoms with Gasteiger partial charge in [-0.2, -0.15) is 0 Å². The van der Waals surface area contributed by atoms with E-state index in [1.54, 1.807) is 0 Å². The van der Waals surface area contributed by atoms with Gasteiger partial charge in [0.25, 0.3) is 0 Å². The van der Waals surface area contributed by atoms with Crippen LogP contribution in [0.1, 0.15) is 18.1 Å². The number of anilines is 1.